The van der Waals surface area contributed by atoms with Gasteiger partial charge in [0, 0.05) is 32.2 Å². The van der Waals surface area contributed by atoms with Gasteiger partial charge in [-0.15, -0.1) is 6.58 Å². The van der Waals surface area contributed by atoms with Crippen LogP contribution >= 0.6 is 15.6 Å². The molecule has 1 amide bonds. The van der Waals surface area contributed by atoms with Gasteiger partial charge < -0.3 is 59.8 Å². The van der Waals surface area contributed by atoms with Crippen LogP contribution in [0.1, 0.15) is 57.9 Å². The zero-order valence-electron chi connectivity index (χ0n) is 33.3. The first-order valence-corrected chi connectivity index (χ1v) is 22.5. The third kappa shape index (κ3) is 11.6. The number of hydrogen-bond donors (Lipinski definition) is 6. The van der Waals surface area contributed by atoms with Gasteiger partial charge in [-0.25, -0.2) is 28.9 Å². The summed E-state index contributed by atoms with van der Waals surface area (Å²) in [5, 5.41) is 11.6. The molecule has 0 spiro atoms. The number of fused-ring (bicyclic) bond motifs is 1. The number of nitrogen functional groups attached to an aromatic ring is 2. The molecule has 6 rings (SSSR count). The number of esters is 1. The fraction of sp³-hybridized carbons (Fsp3) is 0.618. The molecule has 0 aliphatic carbocycles. The van der Waals surface area contributed by atoms with E-state index in [2.05, 4.69) is 31.0 Å². The molecule has 62 heavy (non-hydrogen) atoms. The number of rotatable bonds is 21. The Morgan fingerprint density at radius 1 is 1.05 bits per heavy atom. The van der Waals surface area contributed by atoms with Gasteiger partial charge in [0.1, 0.15) is 54.7 Å². The Bertz CT molecular complexity index is 2200. The molecule has 2 unspecified atom stereocenters. The van der Waals surface area contributed by atoms with Crippen molar-refractivity contribution in [3.63, 3.8) is 0 Å². The Morgan fingerprint density at radius 2 is 1.79 bits per heavy atom. The number of ether oxygens (including phenoxy) is 5. The lowest BCUT2D eigenvalue weighted by Gasteiger charge is -2.29. The molecule has 8 N–H and O–H groups in total. The van der Waals surface area contributed by atoms with Crippen molar-refractivity contribution >= 4 is 50.3 Å². The SMILES string of the molecule is C=CCCC(=O)N(CCCC)CC(=O)O[C@H]1[C@@H](O)[C@H](n2cnc3c(N)ncnc32)O[C@@H]1COP(=O)(O)O[C@H]1[C@@H](OC2CCCO2)[C@H](n2ccc(N)nc2=O)O[C@@H]1COP(=O)(O)O. The van der Waals surface area contributed by atoms with Crippen LogP contribution in [-0.2, 0) is 56.0 Å². The van der Waals surface area contributed by atoms with Crippen molar-refractivity contribution in [3.8, 4) is 0 Å². The van der Waals surface area contributed by atoms with Crippen LogP contribution < -0.4 is 17.2 Å². The van der Waals surface area contributed by atoms with E-state index in [0.717, 1.165) is 17.3 Å². The maximum absolute atomic E-state index is 13.9. The molecule has 26 nitrogen and oxygen atoms in total. The summed E-state index contributed by atoms with van der Waals surface area (Å²) < 4.78 is 72.9. The van der Waals surface area contributed by atoms with Crippen LogP contribution in [0.5, 0.6) is 0 Å². The molecule has 3 aliphatic heterocycles. The van der Waals surface area contributed by atoms with E-state index in [-0.39, 0.29) is 41.7 Å². The molecule has 0 saturated carbocycles. The molecular weight excluding hydrogens is 868 g/mol. The Hall–Kier alpha value is -4.27. The van der Waals surface area contributed by atoms with Crippen LogP contribution in [-0.4, -0.2) is 141 Å². The van der Waals surface area contributed by atoms with Gasteiger partial charge >= 0.3 is 27.3 Å². The van der Waals surface area contributed by atoms with Crippen LogP contribution in [0.4, 0.5) is 11.6 Å². The minimum absolute atomic E-state index is 0.0118. The number of aromatic nitrogens is 6. The molecule has 3 saturated heterocycles. The summed E-state index contributed by atoms with van der Waals surface area (Å²) in [6.07, 6.45) is -5.69. The summed E-state index contributed by atoms with van der Waals surface area (Å²) in [5.41, 5.74) is 11.0. The lowest BCUT2D eigenvalue weighted by atomic mass is 10.1. The van der Waals surface area contributed by atoms with Crippen molar-refractivity contribution in [3.05, 3.63) is 48.1 Å². The lowest BCUT2D eigenvalue weighted by Crippen LogP contribution is -2.43. The second-order valence-electron chi connectivity index (χ2n) is 14.4. The summed E-state index contributed by atoms with van der Waals surface area (Å²) in [4.78, 5) is 86.9. The van der Waals surface area contributed by atoms with Crippen LogP contribution in [0.2, 0.25) is 0 Å². The average Bonchev–Trinajstić information content (AvgIpc) is 4.02. The lowest BCUT2D eigenvalue weighted by molar-refractivity contribution is -0.181. The molecular formula is C34H49N9O17P2. The fourth-order valence-electron chi connectivity index (χ4n) is 6.97. The molecule has 0 aromatic carbocycles. The first-order valence-electron chi connectivity index (χ1n) is 19.5. The Morgan fingerprint density at radius 3 is 2.48 bits per heavy atom. The number of allylic oxidation sites excluding steroid dienone is 1. The number of nitrogens with two attached hydrogens (primary N) is 2. The highest BCUT2D eigenvalue weighted by atomic mass is 31.2. The van der Waals surface area contributed by atoms with Gasteiger partial charge in [0.25, 0.3) is 0 Å². The number of aliphatic hydroxyl groups is 1. The fourth-order valence-corrected chi connectivity index (χ4v) is 8.27. The van der Waals surface area contributed by atoms with E-state index in [4.69, 9.17) is 44.2 Å². The predicted octanol–water partition coefficient (Wildman–Crippen LogP) is 0.0432. The number of carbonyl (C=O) groups is 2. The molecule has 6 heterocycles. The first kappa shape index (κ1) is 47.2. The second kappa shape index (κ2) is 20.5. The minimum Gasteiger partial charge on any atom is -0.455 e. The maximum Gasteiger partial charge on any atom is 0.472 e. The van der Waals surface area contributed by atoms with Crippen LogP contribution in [0.25, 0.3) is 11.2 Å². The summed E-state index contributed by atoms with van der Waals surface area (Å²) in [6, 6.07) is 1.26. The Labute approximate surface area is 352 Å². The van der Waals surface area contributed by atoms with E-state index in [1.165, 1.54) is 28.1 Å². The summed E-state index contributed by atoms with van der Waals surface area (Å²) in [7, 11) is -10.5. The molecule has 28 heteroatoms. The van der Waals surface area contributed by atoms with E-state index in [1.807, 2.05) is 6.92 Å². The number of amides is 1. The van der Waals surface area contributed by atoms with Gasteiger partial charge in [-0.2, -0.15) is 4.98 Å². The van der Waals surface area contributed by atoms with E-state index in [1.54, 1.807) is 6.08 Å². The standard InChI is InChI=1S/C34H49N9O17P2/c1-3-5-8-22(44)41(11-6-4-2)14-23(45)58-27-19(56-32(26(27)46)43-18-39-25-30(36)37-17-38-31(25)43)16-55-62(51,52)60-28-20(15-54-61(48,49)50)57-33(29(28)59-24-9-7-13-53-24)42-12-10-21(35)40-34(42)47/h3,10,12,17-20,24,26-29,32-33,46H,1,4-9,11,13-16H2,2H3,(H,51,52)(H2,35,40,47)(H2,36,37,38)(H2,48,49,50)/t19-,20-,24?,26-,27-,28-,29-,32-,33-/m1/s1. The van der Waals surface area contributed by atoms with Gasteiger partial charge in [-0.05, 0) is 25.3 Å². The van der Waals surface area contributed by atoms with Crippen molar-refractivity contribution in [2.45, 2.75) is 101 Å². The van der Waals surface area contributed by atoms with Gasteiger partial charge in [-0.3, -0.25) is 32.3 Å². The van der Waals surface area contributed by atoms with Crippen molar-refractivity contribution in [1.82, 2.24) is 34.0 Å². The number of phosphoric acid groups is 2. The minimum atomic E-state index is -5.37. The first-order chi connectivity index (χ1) is 29.5. The van der Waals surface area contributed by atoms with Crippen LogP contribution in [0.3, 0.4) is 0 Å². The molecule has 10 atom stereocenters. The van der Waals surface area contributed by atoms with E-state index in [0.29, 0.717) is 32.3 Å². The number of unbranched alkanes of at least 4 members (excludes halogenated alkanes) is 1. The van der Waals surface area contributed by atoms with E-state index >= 15 is 0 Å². The van der Waals surface area contributed by atoms with Crippen molar-refractivity contribution in [2.75, 3.05) is 44.4 Å². The quantitative estimate of drug-likeness (QED) is 0.0467. The average molecular weight is 918 g/mol. The third-order valence-corrected chi connectivity index (χ3v) is 11.4. The largest absolute Gasteiger partial charge is 0.472 e. The monoisotopic (exact) mass is 917 g/mol. The van der Waals surface area contributed by atoms with Gasteiger partial charge in [-0.1, -0.05) is 19.4 Å². The van der Waals surface area contributed by atoms with E-state index in [9.17, 15) is 43.3 Å². The van der Waals surface area contributed by atoms with E-state index < -0.39 is 102 Å². The molecule has 0 radical (unpaired) electrons. The van der Waals surface area contributed by atoms with Crippen molar-refractivity contribution in [2.24, 2.45) is 0 Å². The number of anilines is 2. The highest BCUT2D eigenvalue weighted by Crippen LogP contribution is 2.51. The molecule has 0 bridgehead atoms. The Balaban J connectivity index is 1.26. The zero-order chi connectivity index (χ0) is 44.8. The number of nitrogens with zero attached hydrogens (tertiary/aromatic N) is 7. The smallest absolute Gasteiger partial charge is 0.455 e. The van der Waals surface area contributed by atoms with Gasteiger partial charge in [0.2, 0.25) is 5.91 Å². The topological polar surface area (TPSA) is 357 Å². The molecule has 342 valence electrons. The number of carbonyl (C=O) groups excluding carboxylic acids is 2. The van der Waals surface area contributed by atoms with Gasteiger partial charge in [0.15, 0.2) is 36.3 Å². The number of imidazole rings is 1. The molecule has 3 aromatic heterocycles. The number of aliphatic hydroxyl groups excluding tert-OH is 1. The van der Waals surface area contributed by atoms with Crippen molar-refractivity contribution in [1.29, 1.82) is 0 Å². The summed E-state index contributed by atoms with van der Waals surface area (Å²) >= 11 is 0. The van der Waals surface area contributed by atoms with Crippen molar-refractivity contribution < 1.29 is 75.8 Å². The highest BCUT2D eigenvalue weighted by molar-refractivity contribution is 7.47. The number of phosphoric ester groups is 2. The highest BCUT2D eigenvalue weighted by Gasteiger charge is 2.54. The van der Waals surface area contributed by atoms with Crippen LogP contribution in [0, 0.1) is 0 Å². The Kier molecular flexibility index (Phi) is 15.6. The molecule has 3 aliphatic rings. The predicted molar refractivity (Wildman–Crippen MR) is 210 cm³/mol. The molecule has 3 aromatic rings. The number of hydrogen-bond acceptors (Lipinski definition) is 20. The normalized spacial score (nSPS) is 27.3. The maximum atomic E-state index is 13.9. The van der Waals surface area contributed by atoms with Gasteiger partial charge in [0.05, 0.1) is 19.5 Å². The summed E-state index contributed by atoms with van der Waals surface area (Å²) in [5.74, 6) is -1.41. The third-order valence-electron chi connectivity index (χ3n) is 9.93. The zero-order valence-corrected chi connectivity index (χ0v) is 35.1. The second-order valence-corrected chi connectivity index (χ2v) is 17.0. The van der Waals surface area contributed by atoms with Crippen LogP contribution in [0.15, 0.2) is 42.4 Å². The summed E-state index contributed by atoms with van der Waals surface area (Å²) in [6.45, 7) is 3.72. The molecule has 3 fully saturated rings.